The molecule has 0 bridgehead atoms. The zero-order valence-electron chi connectivity index (χ0n) is 24.6. The molecule has 1 aromatic carbocycles. The molecular formula is C27H39N5O9S. The van der Waals surface area contributed by atoms with Crippen molar-refractivity contribution >= 4 is 38.3 Å². The second kappa shape index (κ2) is 15.2. The summed E-state index contributed by atoms with van der Waals surface area (Å²) in [6.07, 6.45) is 1.40. The highest BCUT2D eigenvalue weighted by atomic mass is 32.2. The van der Waals surface area contributed by atoms with Crippen LogP contribution in [0.25, 0.3) is 10.9 Å². The predicted molar refractivity (Wildman–Crippen MR) is 154 cm³/mol. The average molecular weight is 610 g/mol. The van der Waals surface area contributed by atoms with Crippen molar-refractivity contribution in [3.05, 3.63) is 29.7 Å². The van der Waals surface area contributed by atoms with Crippen molar-refractivity contribution in [2.45, 2.75) is 44.3 Å². The molecule has 0 amide bonds. The monoisotopic (exact) mass is 609 g/mol. The summed E-state index contributed by atoms with van der Waals surface area (Å²) in [6, 6.07) is 3.14. The number of sulfone groups is 1. The molecule has 3 aromatic rings. The van der Waals surface area contributed by atoms with E-state index in [4.69, 9.17) is 28.8 Å². The van der Waals surface area contributed by atoms with Crippen LogP contribution in [0.15, 0.2) is 23.4 Å². The number of aromatic nitrogens is 4. The van der Waals surface area contributed by atoms with E-state index in [-0.39, 0.29) is 43.7 Å². The largest absolute Gasteiger partial charge is 0.490 e. The number of nitrogens with one attached hydrogen (secondary N) is 2. The number of aromatic amines is 1. The first kappa shape index (κ1) is 33.1. The summed E-state index contributed by atoms with van der Waals surface area (Å²) in [7, 11) is -3.80. The molecule has 0 radical (unpaired) electrons. The molecule has 0 aliphatic heterocycles. The number of ether oxygens (including phenoxy) is 5. The quantitative estimate of drug-likeness (QED) is 0.179. The Morgan fingerprint density at radius 1 is 0.929 bits per heavy atom. The Morgan fingerprint density at radius 2 is 1.52 bits per heavy atom. The minimum absolute atomic E-state index is 0.0366. The molecule has 0 saturated carbocycles. The number of H-pyrrole nitrogens is 1. The van der Waals surface area contributed by atoms with Crippen LogP contribution in [0.3, 0.4) is 0 Å². The molecule has 0 unspecified atom stereocenters. The van der Waals surface area contributed by atoms with Gasteiger partial charge in [-0.2, -0.15) is 5.10 Å². The topological polar surface area (TPSA) is 184 Å². The van der Waals surface area contributed by atoms with Gasteiger partial charge in [0.15, 0.2) is 9.84 Å². The first-order valence-corrected chi connectivity index (χ1v) is 14.9. The van der Waals surface area contributed by atoms with Crippen molar-refractivity contribution in [3.63, 3.8) is 0 Å². The lowest BCUT2D eigenvalue weighted by atomic mass is 10.2. The Labute approximate surface area is 245 Å². The molecule has 0 aliphatic rings. The number of benzene rings is 1. The average Bonchev–Trinajstić information content (AvgIpc) is 3.24. The zero-order chi connectivity index (χ0) is 30.8. The fraction of sp³-hybridized carbons (Fsp3) is 0.556. The summed E-state index contributed by atoms with van der Waals surface area (Å²) in [5.41, 5.74) is 2.26. The highest BCUT2D eigenvalue weighted by Gasteiger charge is 2.34. The van der Waals surface area contributed by atoms with E-state index in [0.717, 1.165) is 11.3 Å². The summed E-state index contributed by atoms with van der Waals surface area (Å²) in [6.45, 7) is 10.5. The van der Waals surface area contributed by atoms with E-state index in [0.29, 0.717) is 49.0 Å². The fourth-order valence-electron chi connectivity index (χ4n) is 3.57. The van der Waals surface area contributed by atoms with Crippen LogP contribution in [-0.2, 0) is 33.6 Å². The van der Waals surface area contributed by atoms with Crippen LogP contribution in [0.4, 0.5) is 11.6 Å². The molecule has 232 valence electrons. The second-order valence-electron chi connectivity index (χ2n) is 10.2. The molecule has 3 rings (SSSR count). The Bertz CT molecular complexity index is 1440. The van der Waals surface area contributed by atoms with Crippen LogP contribution < -0.4 is 10.1 Å². The number of carboxylic acids is 1. The molecular weight excluding hydrogens is 570 g/mol. The van der Waals surface area contributed by atoms with Gasteiger partial charge in [0.1, 0.15) is 41.8 Å². The summed E-state index contributed by atoms with van der Waals surface area (Å²) in [5.74, 6) is 0.248. The lowest BCUT2D eigenvalue weighted by molar-refractivity contribution is -0.142. The molecule has 2 heterocycles. The van der Waals surface area contributed by atoms with Crippen LogP contribution in [0.2, 0.25) is 0 Å². The number of carbonyl (C=O) groups is 1. The molecule has 0 saturated heterocycles. The third-order valence-electron chi connectivity index (χ3n) is 6.12. The molecule has 42 heavy (non-hydrogen) atoms. The van der Waals surface area contributed by atoms with Gasteiger partial charge in [-0.05, 0) is 40.7 Å². The van der Waals surface area contributed by atoms with Crippen molar-refractivity contribution < 1.29 is 42.0 Å². The fourth-order valence-corrected chi connectivity index (χ4v) is 4.89. The van der Waals surface area contributed by atoms with E-state index >= 15 is 0 Å². The molecule has 2 aromatic heterocycles. The van der Waals surface area contributed by atoms with Gasteiger partial charge in [0, 0.05) is 17.0 Å². The highest BCUT2D eigenvalue weighted by molar-refractivity contribution is 7.92. The normalized spacial score (nSPS) is 12.1. The Morgan fingerprint density at radius 3 is 2.07 bits per heavy atom. The number of hydrogen-bond acceptors (Lipinski definition) is 12. The van der Waals surface area contributed by atoms with Gasteiger partial charge >= 0.3 is 5.97 Å². The van der Waals surface area contributed by atoms with Crippen molar-refractivity contribution in [1.82, 2.24) is 20.2 Å². The summed E-state index contributed by atoms with van der Waals surface area (Å²) >= 11 is 0. The smallest absolute Gasteiger partial charge is 0.329 e. The molecule has 0 aliphatic carbocycles. The van der Waals surface area contributed by atoms with Crippen molar-refractivity contribution in [3.8, 4) is 5.75 Å². The molecule has 3 N–H and O–H groups in total. The van der Waals surface area contributed by atoms with E-state index < -0.39 is 20.6 Å². The van der Waals surface area contributed by atoms with E-state index in [9.17, 15) is 13.2 Å². The van der Waals surface area contributed by atoms with Gasteiger partial charge in [0.05, 0.1) is 62.2 Å². The number of rotatable bonds is 18. The van der Waals surface area contributed by atoms with Gasteiger partial charge in [0.25, 0.3) is 0 Å². The maximum Gasteiger partial charge on any atom is 0.329 e. The minimum Gasteiger partial charge on any atom is -0.490 e. The number of nitrogens with zero attached hydrogens (tertiary/aromatic N) is 3. The van der Waals surface area contributed by atoms with Gasteiger partial charge in [-0.15, -0.1) is 0 Å². The third-order valence-corrected chi connectivity index (χ3v) is 8.63. The maximum absolute atomic E-state index is 13.6. The first-order valence-electron chi connectivity index (χ1n) is 13.4. The summed E-state index contributed by atoms with van der Waals surface area (Å²) in [4.78, 5) is 19.1. The van der Waals surface area contributed by atoms with Crippen LogP contribution in [-0.4, -0.2) is 104 Å². The number of anilines is 2. The van der Waals surface area contributed by atoms with Crippen molar-refractivity contribution in [2.24, 2.45) is 0 Å². The van der Waals surface area contributed by atoms with Gasteiger partial charge in [0.2, 0.25) is 0 Å². The summed E-state index contributed by atoms with van der Waals surface area (Å²) in [5, 5.41) is 19.3. The van der Waals surface area contributed by atoms with E-state index in [2.05, 4.69) is 25.5 Å². The van der Waals surface area contributed by atoms with Crippen LogP contribution in [0.5, 0.6) is 5.75 Å². The highest BCUT2D eigenvalue weighted by Crippen LogP contribution is 2.37. The zero-order valence-corrected chi connectivity index (χ0v) is 25.4. The third kappa shape index (κ3) is 9.06. The lowest BCUT2D eigenvalue weighted by Crippen LogP contribution is -2.28. The molecule has 14 nitrogen and oxygen atoms in total. The minimum atomic E-state index is -3.80. The first-order chi connectivity index (χ1) is 19.9. The van der Waals surface area contributed by atoms with Gasteiger partial charge in [-0.1, -0.05) is 0 Å². The Hall–Kier alpha value is -3.37. The van der Waals surface area contributed by atoms with Crippen LogP contribution in [0.1, 0.15) is 32.0 Å². The van der Waals surface area contributed by atoms with Gasteiger partial charge in [-0.25, -0.2) is 23.2 Å². The SMILES string of the molecule is Cc1n[nH]c(Nc2ncnc3cc(OCCOCCOCCOCCOCC(=O)O)c(S(=O)(=O)C(C)(C)C)cc23)c1C. The number of fused-ring (bicyclic) bond motifs is 1. The molecule has 0 spiro atoms. The number of aliphatic carboxylic acids is 1. The van der Waals surface area contributed by atoms with E-state index in [1.165, 1.54) is 6.33 Å². The standard InChI is InChI=1S/C27H39N5O9S/c1-18-19(2)31-32-25(18)30-26-20-14-23(42(35,36)27(3,4)5)22(15-21(20)28-17-29-26)41-13-12-39-9-8-37-6-7-38-10-11-40-16-24(33)34/h14-15,17H,6-13,16H2,1-5H3,(H,33,34)(H2,28,29,30,31,32). The van der Waals surface area contributed by atoms with E-state index in [1.807, 2.05) is 13.8 Å². The van der Waals surface area contributed by atoms with Gasteiger partial charge < -0.3 is 34.1 Å². The van der Waals surface area contributed by atoms with Crippen LogP contribution in [0, 0.1) is 13.8 Å². The number of carboxylic acid groups (broad SMARTS) is 1. The number of hydrogen-bond donors (Lipinski definition) is 3. The van der Waals surface area contributed by atoms with Crippen molar-refractivity contribution in [2.75, 3.05) is 64.8 Å². The Balaban J connectivity index is 1.57. The maximum atomic E-state index is 13.6. The molecule has 0 fully saturated rings. The second-order valence-corrected chi connectivity index (χ2v) is 12.9. The number of aryl methyl sites for hydroxylation is 1. The predicted octanol–water partition coefficient (Wildman–Crippen LogP) is 2.82. The molecule has 15 heteroatoms. The lowest BCUT2D eigenvalue weighted by Gasteiger charge is -2.22. The van der Waals surface area contributed by atoms with Gasteiger partial charge in [-0.3, -0.25) is 5.10 Å². The van der Waals surface area contributed by atoms with Crippen molar-refractivity contribution in [1.29, 1.82) is 0 Å². The van der Waals surface area contributed by atoms with E-state index in [1.54, 1.807) is 32.9 Å². The van der Waals surface area contributed by atoms with Crippen LogP contribution >= 0.6 is 0 Å². The molecule has 0 atom stereocenters. The Kier molecular flexibility index (Phi) is 12.0. The summed E-state index contributed by atoms with van der Waals surface area (Å²) < 4.78 is 53.1.